The Morgan fingerprint density at radius 3 is 2.61 bits per heavy atom. The Bertz CT molecular complexity index is 513. The van der Waals surface area contributed by atoms with E-state index in [2.05, 4.69) is 44.6 Å². The van der Waals surface area contributed by atoms with Crippen LogP contribution >= 0.6 is 0 Å². The van der Waals surface area contributed by atoms with Gasteiger partial charge in [0.1, 0.15) is 0 Å². The van der Waals surface area contributed by atoms with Gasteiger partial charge in [0, 0.05) is 39.3 Å². The molecule has 0 radical (unpaired) electrons. The molecule has 2 amide bonds. The van der Waals surface area contributed by atoms with Crippen LogP contribution in [0.1, 0.15) is 11.1 Å². The summed E-state index contributed by atoms with van der Waals surface area (Å²) in [5.41, 5.74) is 8.42. The molecule has 1 aromatic carbocycles. The van der Waals surface area contributed by atoms with Gasteiger partial charge in [-0.3, -0.25) is 15.8 Å². The third-order valence-corrected chi connectivity index (χ3v) is 4.21. The van der Waals surface area contributed by atoms with Crippen LogP contribution in [0.4, 0.5) is 4.79 Å². The van der Waals surface area contributed by atoms with E-state index in [0.717, 1.165) is 51.5 Å². The number of carbonyl (C=O) groups is 1. The summed E-state index contributed by atoms with van der Waals surface area (Å²) in [5, 5.41) is 5.90. The number of hydrazine groups is 1. The molecule has 0 bridgehead atoms. The molecule has 2 heterocycles. The summed E-state index contributed by atoms with van der Waals surface area (Å²) in [6.07, 6.45) is 0. The molecule has 23 heavy (non-hydrogen) atoms. The highest BCUT2D eigenvalue weighted by Crippen LogP contribution is 2.12. The van der Waals surface area contributed by atoms with Crippen LogP contribution in [0.15, 0.2) is 24.3 Å². The summed E-state index contributed by atoms with van der Waals surface area (Å²) in [6, 6.07) is 8.29. The van der Waals surface area contributed by atoms with E-state index in [1.807, 2.05) is 6.07 Å². The normalized spacial score (nSPS) is 19.7. The summed E-state index contributed by atoms with van der Waals surface area (Å²) in [7, 11) is 0. The van der Waals surface area contributed by atoms with Gasteiger partial charge in [-0.2, -0.15) is 0 Å². The number of nitrogens with one attached hydrogen (secondary N) is 4. The van der Waals surface area contributed by atoms with Crippen molar-refractivity contribution in [2.45, 2.75) is 19.1 Å². The number of hydrogen-bond acceptors (Lipinski definition) is 5. The van der Waals surface area contributed by atoms with Crippen LogP contribution in [-0.4, -0.2) is 56.4 Å². The Labute approximate surface area is 136 Å². The summed E-state index contributed by atoms with van der Waals surface area (Å²) >= 11 is 0. The molecule has 1 aromatic rings. The molecular formula is C16H25N5O2. The van der Waals surface area contributed by atoms with Gasteiger partial charge in [-0.1, -0.05) is 24.3 Å². The highest BCUT2D eigenvalue weighted by molar-refractivity contribution is 5.74. The number of morpholine rings is 1. The van der Waals surface area contributed by atoms with E-state index in [4.69, 9.17) is 4.74 Å². The molecule has 0 aliphatic carbocycles. The van der Waals surface area contributed by atoms with Crippen molar-refractivity contribution >= 4 is 6.03 Å². The first kappa shape index (κ1) is 16.2. The van der Waals surface area contributed by atoms with E-state index in [-0.39, 0.29) is 12.1 Å². The summed E-state index contributed by atoms with van der Waals surface area (Å²) in [5.74, 6) is 0. The van der Waals surface area contributed by atoms with Gasteiger partial charge in [0.25, 0.3) is 0 Å². The van der Waals surface area contributed by atoms with Gasteiger partial charge in [0.15, 0.2) is 0 Å². The third-order valence-electron chi connectivity index (χ3n) is 4.21. The smallest absolute Gasteiger partial charge is 0.315 e. The minimum Gasteiger partial charge on any atom is -0.379 e. The van der Waals surface area contributed by atoms with Gasteiger partial charge in [-0.25, -0.2) is 4.79 Å². The molecule has 0 unspecified atom stereocenters. The lowest BCUT2D eigenvalue weighted by Crippen LogP contribution is -2.44. The fourth-order valence-corrected chi connectivity index (χ4v) is 2.86. The zero-order chi connectivity index (χ0) is 15.9. The van der Waals surface area contributed by atoms with E-state index in [1.54, 1.807) is 0 Å². The largest absolute Gasteiger partial charge is 0.379 e. The second-order valence-corrected chi connectivity index (χ2v) is 5.94. The molecule has 126 valence electrons. The van der Waals surface area contributed by atoms with Gasteiger partial charge < -0.3 is 15.4 Å². The molecule has 2 saturated heterocycles. The van der Waals surface area contributed by atoms with E-state index in [0.29, 0.717) is 6.54 Å². The Hall–Kier alpha value is -1.67. The van der Waals surface area contributed by atoms with Crippen molar-refractivity contribution < 1.29 is 9.53 Å². The first-order valence-corrected chi connectivity index (χ1v) is 8.18. The molecule has 2 fully saturated rings. The van der Waals surface area contributed by atoms with Crippen LogP contribution in [0.25, 0.3) is 0 Å². The third kappa shape index (κ3) is 4.90. The van der Waals surface area contributed by atoms with Crippen molar-refractivity contribution in [2.75, 3.05) is 39.4 Å². The fraction of sp³-hybridized carbons (Fsp3) is 0.562. The molecule has 2 aliphatic rings. The van der Waals surface area contributed by atoms with Gasteiger partial charge >= 0.3 is 6.03 Å². The molecule has 0 saturated carbocycles. The molecule has 4 N–H and O–H groups in total. The standard InChI is InChI=1S/C16H25N5O2/c22-16(20-15-10-18-19-11-15)17-9-13-3-1-2-4-14(13)12-21-5-7-23-8-6-21/h1-4,15,18-19H,5-12H2,(H2,17,20,22). The van der Waals surface area contributed by atoms with Crippen LogP contribution in [0, 0.1) is 0 Å². The van der Waals surface area contributed by atoms with Crippen molar-refractivity contribution in [1.82, 2.24) is 26.4 Å². The van der Waals surface area contributed by atoms with Crippen LogP contribution in [0.5, 0.6) is 0 Å². The number of ether oxygens (including phenoxy) is 1. The SMILES string of the molecule is O=C(NCc1ccccc1CN1CCOCC1)NC1CNNC1. The Balaban J connectivity index is 1.51. The number of amides is 2. The van der Waals surface area contributed by atoms with E-state index in [9.17, 15) is 4.79 Å². The maximum Gasteiger partial charge on any atom is 0.315 e. The minimum absolute atomic E-state index is 0.123. The molecule has 3 rings (SSSR count). The first-order valence-electron chi connectivity index (χ1n) is 8.18. The molecule has 0 aromatic heterocycles. The van der Waals surface area contributed by atoms with Crippen molar-refractivity contribution in [1.29, 1.82) is 0 Å². The second kappa shape index (κ2) is 8.26. The van der Waals surface area contributed by atoms with Crippen molar-refractivity contribution in [3.63, 3.8) is 0 Å². The zero-order valence-electron chi connectivity index (χ0n) is 13.3. The zero-order valence-corrected chi connectivity index (χ0v) is 13.3. The van der Waals surface area contributed by atoms with Gasteiger partial charge in [-0.15, -0.1) is 0 Å². The summed E-state index contributed by atoms with van der Waals surface area (Å²) < 4.78 is 5.39. The molecule has 7 nitrogen and oxygen atoms in total. The molecular weight excluding hydrogens is 294 g/mol. The predicted octanol–water partition coefficient (Wildman–Crippen LogP) is -0.206. The average molecular weight is 319 g/mol. The van der Waals surface area contributed by atoms with Crippen molar-refractivity contribution in [2.24, 2.45) is 0 Å². The lowest BCUT2D eigenvalue weighted by atomic mass is 10.1. The monoisotopic (exact) mass is 319 g/mol. The van der Waals surface area contributed by atoms with E-state index in [1.165, 1.54) is 5.56 Å². The Morgan fingerprint density at radius 2 is 1.87 bits per heavy atom. The summed E-state index contributed by atoms with van der Waals surface area (Å²) in [4.78, 5) is 14.4. The van der Waals surface area contributed by atoms with Gasteiger partial charge in [-0.05, 0) is 11.1 Å². The molecule has 0 atom stereocenters. The van der Waals surface area contributed by atoms with Crippen LogP contribution in [0.2, 0.25) is 0 Å². The van der Waals surface area contributed by atoms with Crippen LogP contribution < -0.4 is 21.5 Å². The quantitative estimate of drug-likeness (QED) is 0.604. The lowest BCUT2D eigenvalue weighted by Gasteiger charge is -2.27. The number of benzene rings is 1. The number of rotatable bonds is 5. The van der Waals surface area contributed by atoms with Gasteiger partial charge in [0.2, 0.25) is 0 Å². The maximum absolute atomic E-state index is 12.0. The summed E-state index contributed by atoms with van der Waals surface area (Å²) in [6.45, 7) is 6.47. The Morgan fingerprint density at radius 1 is 1.17 bits per heavy atom. The van der Waals surface area contributed by atoms with Crippen molar-refractivity contribution in [3.8, 4) is 0 Å². The topological polar surface area (TPSA) is 77.7 Å². The predicted molar refractivity (Wildman–Crippen MR) is 87.7 cm³/mol. The number of hydrogen-bond donors (Lipinski definition) is 4. The van der Waals surface area contributed by atoms with E-state index >= 15 is 0 Å². The highest BCUT2D eigenvalue weighted by atomic mass is 16.5. The minimum atomic E-state index is -0.123. The molecule has 7 heteroatoms. The second-order valence-electron chi connectivity index (χ2n) is 5.94. The molecule has 0 spiro atoms. The van der Waals surface area contributed by atoms with Crippen LogP contribution in [-0.2, 0) is 17.8 Å². The van der Waals surface area contributed by atoms with E-state index < -0.39 is 0 Å². The first-order chi connectivity index (χ1) is 11.3. The maximum atomic E-state index is 12.0. The lowest BCUT2D eigenvalue weighted by molar-refractivity contribution is 0.0341. The van der Waals surface area contributed by atoms with Gasteiger partial charge in [0.05, 0.1) is 19.3 Å². The number of nitrogens with zero attached hydrogens (tertiary/aromatic N) is 1. The average Bonchev–Trinajstić information content (AvgIpc) is 3.08. The molecule has 2 aliphatic heterocycles. The highest BCUT2D eigenvalue weighted by Gasteiger charge is 2.16. The Kier molecular flexibility index (Phi) is 5.82. The van der Waals surface area contributed by atoms with Crippen LogP contribution in [0.3, 0.4) is 0 Å². The number of carbonyl (C=O) groups excluding carboxylic acids is 1. The fourth-order valence-electron chi connectivity index (χ4n) is 2.86. The number of urea groups is 1. The van der Waals surface area contributed by atoms with Crippen molar-refractivity contribution in [3.05, 3.63) is 35.4 Å².